The highest BCUT2D eigenvalue weighted by Crippen LogP contribution is 2.42. The van der Waals surface area contributed by atoms with Gasteiger partial charge in [0.2, 0.25) is 0 Å². The van der Waals surface area contributed by atoms with Crippen LogP contribution in [0.4, 0.5) is 0 Å². The van der Waals surface area contributed by atoms with Crippen LogP contribution in [-0.2, 0) is 6.54 Å². The number of hydrogen-bond donors (Lipinski definition) is 0. The molecule has 0 fully saturated rings. The molecule has 3 heterocycles. The summed E-state index contributed by atoms with van der Waals surface area (Å²) in [6.07, 6.45) is 0. The molecule has 16 aromatic carbocycles. The first-order valence-electron chi connectivity index (χ1n) is 34.6. The van der Waals surface area contributed by atoms with Gasteiger partial charge in [0.05, 0.1) is 27.8 Å². The fourth-order valence-corrected chi connectivity index (χ4v) is 16.5. The number of halogens is 3. The van der Waals surface area contributed by atoms with Crippen LogP contribution >= 0.6 is 47.8 Å². The predicted molar refractivity (Wildman–Crippen MR) is 445 cm³/mol. The average Bonchev–Trinajstić information content (AvgIpc) is 1.59. The molecular weight excluding hydrogens is 1430 g/mol. The largest absolute Gasteiger partial charge is 0.341 e. The Labute approximate surface area is 618 Å². The molecule has 0 saturated carbocycles. The van der Waals surface area contributed by atoms with E-state index in [0.717, 1.165) is 20.0 Å². The van der Waals surface area contributed by atoms with E-state index < -0.39 is 0 Å². The summed E-state index contributed by atoms with van der Waals surface area (Å²) in [5.41, 5.74) is 26.9. The van der Waals surface area contributed by atoms with Crippen molar-refractivity contribution in [2.75, 3.05) is 0 Å². The van der Waals surface area contributed by atoms with E-state index >= 15 is 0 Å². The van der Waals surface area contributed by atoms with Gasteiger partial charge < -0.3 is 13.7 Å². The topological polar surface area (TPSA) is 14.8 Å². The lowest BCUT2D eigenvalue weighted by Gasteiger charge is -2.12. The van der Waals surface area contributed by atoms with Gasteiger partial charge in [0, 0.05) is 74.4 Å². The van der Waals surface area contributed by atoms with Crippen molar-refractivity contribution in [3.8, 4) is 89.3 Å². The van der Waals surface area contributed by atoms with Crippen molar-refractivity contribution >= 4 is 124 Å². The smallest absolute Gasteiger partial charge is 0.0547 e. The maximum atomic E-state index is 3.72. The molecule has 19 aromatic rings. The van der Waals surface area contributed by atoms with E-state index in [1.807, 2.05) is 0 Å². The molecule has 0 N–H and O–H groups in total. The summed E-state index contributed by atoms with van der Waals surface area (Å²) < 4.78 is 10.5. The molecule has 0 unspecified atom stereocenters. The van der Waals surface area contributed by atoms with Crippen molar-refractivity contribution in [2.45, 2.75) is 13.5 Å². The number of fused-ring (bicyclic) bond motifs is 10. The molecule has 0 saturated heterocycles. The number of aromatic nitrogens is 3. The molecule has 102 heavy (non-hydrogen) atoms. The van der Waals surface area contributed by atoms with E-state index in [0.29, 0.717) is 0 Å². The Morgan fingerprint density at radius 2 is 0.569 bits per heavy atom. The Morgan fingerprint density at radius 3 is 1.12 bits per heavy atom. The van der Waals surface area contributed by atoms with Gasteiger partial charge in [0.25, 0.3) is 0 Å². The third-order valence-electron chi connectivity index (χ3n) is 19.8. The summed E-state index contributed by atoms with van der Waals surface area (Å²) >= 11 is 11.1. The van der Waals surface area contributed by atoms with Crippen molar-refractivity contribution in [2.24, 2.45) is 0 Å². The molecule has 0 amide bonds. The Morgan fingerprint density at radius 1 is 0.216 bits per heavy atom. The van der Waals surface area contributed by atoms with Crippen LogP contribution in [0.25, 0.3) is 165 Å². The van der Waals surface area contributed by atoms with Crippen LogP contribution in [0.5, 0.6) is 0 Å². The van der Waals surface area contributed by atoms with Gasteiger partial charge >= 0.3 is 0 Å². The lowest BCUT2D eigenvalue weighted by molar-refractivity contribution is 0.827. The zero-order valence-corrected chi connectivity index (χ0v) is 60.7. The number of nitrogens with zero attached hydrogens (tertiary/aromatic N) is 3. The van der Waals surface area contributed by atoms with Crippen molar-refractivity contribution in [1.82, 2.24) is 13.7 Å². The van der Waals surface area contributed by atoms with Gasteiger partial charge in [-0.25, -0.2) is 0 Å². The molecule has 0 aliphatic heterocycles. The lowest BCUT2D eigenvalue weighted by atomic mass is 9.98. The first kappa shape index (κ1) is 64.0. The number of benzene rings is 16. The van der Waals surface area contributed by atoms with E-state index in [1.54, 1.807) is 0 Å². The molecular formula is C96H66Br3N3. The van der Waals surface area contributed by atoms with E-state index in [-0.39, 0.29) is 0 Å². The third kappa shape index (κ3) is 12.2. The van der Waals surface area contributed by atoms with Crippen molar-refractivity contribution in [3.05, 3.63) is 383 Å². The number of hydrogen-bond acceptors (Lipinski definition) is 0. The standard InChI is InChI=1S/C36H24BrN.C34H22BrN.C26H20BrN/c37-34-17-8-7-16-31(34)29-13-9-12-26(22-29)28-18-20-32-33-23-27(25-10-3-1-4-11-25)19-21-35(33)38(36(32)24-28)30-14-5-2-6-15-30;35-31-16-5-3-13-27(31)26-12-7-11-24(21-26)25-19-20-30-29-15-4-6-17-33(29)36(34(30)22-25)32-18-8-10-23-9-1-2-14-28(23)32;1-2-28-25-13-6-4-11-22(25)23-15-14-19(17-26(23)28)18-8-7-9-20(16-18)21-10-3-5-12-24(21)27/h1-24H;1-22H;3-17H,2H2,1H3. The SMILES string of the molecule is Brc1ccccc1-c1cccc(-c2ccc3c4cc(-c5ccccc5)ccc4n(-c4ccccc4)c3c2)c1.Brc1ccccc1-c1cccc(-c2ccc3c4ccccc4n(-c4cccc5ccccc45)c3c2)c1.CCn1c2ccccc2c2ccc(-c3cccc(-c4ccccc4Br)c3)cc21. The van der Waals surface area contributed by atoms with Crippen LogP contribution in [0.1, 0.15) is 6.92 Å². The van der Waals surface area contributed by atoms with Crippen LogP contribution in [0.3, 0.4) is 0 Å². The minimum atomic E-state index is 0.963. The molecule has 0 radical (unpaired) electrons. The van der Waals surface area contributed by atoms with Gasteiger partial charge in [-0.15, -0.1) is 0 Å². The van der Waals surface area contributed by atoms with Crippen LogP contribution < -0.4 is 0 Å². The van der Waals surface area contributed by atoms with Gasteiger partial charge in [-0.05, 0) is 187 Å². The van der Waals surface area contributed by atoms with E-state index in [1.165, 1.54) is 165 Å². The Balaban J connectivity index is 0.000000115. The fraction of sp³-hybridized carbons (Fsp3) is 0.0208. The molecule has 0 atom stereocenters. The van der Waals surface area contributed by atoms with Crippen molar-refractivity contribution in [3.63, 3.8) is 0 Å². The predicted octanol–water partition coefficient (Wildman–Crippen LogP) is 28.5. The minimum Gasteiger partial charge on any atom is -0.341 e. The van der Waals surface area contributed by atoms with Gasteiger partial charge in [-0.1, -0.05) is 321 Å². The highest BCUT2D eigenvalue weighted by molar-refractivity contribution is 9.11. The second kappa shape index (κ2) is 28.0. The fourth-order valence-electron chi connectivity index (χ4n) is 14.9. The average molecular weight is 1500 g/mol. The number of para-hydroxylation sites is 3. The normalized spacial score (nSPS) is 11.4. The first-order chi connectivity index (χ1) is 50.3. The molecule has 3 nitrogen and oxygen atoms in total. The summed E-state index contributed by atoms with van der Waals surface area (Å²) in [6, 6.07) is 133. The Hall–Kier alpha value is -11.4. The lowest BCUT2D eigenvalue weighted by Crippen LogP contribution is -1.95. The summed E-state index contributed by atoms with van der Waals surface area (Å²) in [7, 11) is 0. The maximum Gasteiger partial charge on any atom is 0.0547 e. The maximum absolute atomic E-state index is 3.72. The van der Waals surface area contributed by atoms with Crippen LogP contribution in [0.2, 0.25) is 0 Å². The molecule has 486 valence electrons. The molecule has 0 bridgehead atoms. The second-order valence-corrected chi connectivity index (χ2v) is 28.3. The van der Waals surface area contributed by atoms with Crippen molar-refractivity contribution < 1.29 is 0 Å². The monoisotopic (exact) mass is 1500 g/mol. The summed E-state index contributed by atoms with van der Waals surface area (Å²) in [5.74, 6) is 0. The molecule has 3 aromatic heterocycles. The zero-order chi connectivity index (χ0) is 68.6. The quantitative estimate of drug-likeness (QED) is 0.130. The van der Waals surface area contributed by atoms with Gasteiger partial charge in [0.1, 0.15) is 0 Å². The second-order valence-electron chi connectivity index (χ2n) is 25.8. The van der Waals surface area contributed by atoms with Crippen LogP contribution in [0.15, 0.2) is 383 Å². The first-order valence-corrected chi connectivity index (χ1v) is 37.0. The van der Waals surface area contributed by atoms with Crippen LogP contribution in [-0.4, -0.2) is 13.7 Å². The highest BCUT2D eigenvalue weighted by atomic mass is 79.9. The Kier molecular flexibility index (Phi) is 17.6. The van der Waals surface area contributed by atoms with Gasteiger partial charge in [0.15, 0.2) is 0 Å². The minimum absolute atomic E-state index is 0.963. The third-order valence-corrected chi connectivity index (χ3v) is 21.9. The number of rotatable bonds is 10. The number of aryl methyl sites for hydroxylation is 1. The zero-order valence-electron chi connectivity index (χ0n) is 55.9. The van der Waals surface area contributed by atoms with Gasteiger partial charge in [-0.3, -0.25) is 0 Å². The highest BCUT2D eigenvalue weighted by Gasteiger charge is 2.19. The molecule has 0 spiro atoms. The molecule has 0 aliphatic rings. The summed E-state index contributed by atoms with van der Waals surface area (Å²) in [4.78, 5) is 0. The summed E-state index contributed by atoms with van der Waals surface area (Å²) in [5, 5.41) is 10.2. The Bertz CT molecular complexity index is 6350. The van der Waals surface area contributed by atoms with Crippen LogP contribution in [0, 0.1) is 0 Å². The van der Waals surface area contributed by atoms with Gasteiger partial charge in [-0.2, -0.15) is 0 Å². The molecule has 19 rings (SSSR count). The van der Waals surface area contributed by atoms with E-state index in [4.69, 9.17) is 0 Å². The summed E-state index contributed by atoms with van der Waals surface area (Å²) in [6.45, 7) is 3.18. The van der Waals surface area contributed by atoms with Crippen molar-refractivity contribution in [1.29, 1.82) is 0 Å². The molecule has 6 heteroatoms. The van der Waals surface area contributed by atoms with E-state index in [2.05, 4.69) is 438 Å². The molecule has 0 aliphatic carbocycles. The van der Waals surface area contributed by atoms with E-state index in [9.17, 15) is 0 Å².